The van der Waals surface area contributed by atoms with Crippen molar-refractivity contribution in [2.75, 3.05) is 26.2 Å². The number of ether oxygens (including phenoxy) is 1. The maximum atomic E-state index is 13.0. The van der Waals surface area contributed by atoms with Gasteiger partial charge in [-0.3, -0.25) is 4.79 Å². The number of carbonyl (C=O) groups is 1. The van der Waals surface area contributed by atoms with Crippen molar-refractivity contribution in [1.29, 1.82) is 0 Å². The van der Waals surface area contributed by atoms with Gasteiger partial charge in [-0.1, -0.05) is 18.2 Å². The van der Waals surface area contributed by atoms with E-state index in [0.717, 1.165) is 5.56 Å². The van der Waals surface area contributed by atoms with Gasteiger partial charge in [-0.15, -0.1) is 11.3 Å². The van der Waals surface area contributed by atoms with E-state index in [1.807, 2.05) is 0 Å². The number of sulfonamides is 1. The Morgan fingerprint density at radius 3 is 2.50 bits per heavy atom. The van der Waals surface area contributed by atoms with Crippen molar-refractivity contribution >= 4 is 27.3 Å². The van der Waals surface area contributed by atoms with E-state index >= 15 is 0 Å². The standard InChI is InChI=1S/C19H21FN2O4S2/c20-16-5-3-15(4-6-16)14-17(23)21-9-7-19(8-10-21)22(11-12-26-19)28(24,25)18-2-1-13-27-18/h1-6,13H,7-12,14H2. The minimum atomic E-state index is -3.61. The molecule has 0 unspecified atom stereocenters. The molecule has 2 fully saturated rings. The number of rotatable bonds is 4. The van der Waals surface area contributed by atoms with Crippen LogP contribution in [-0.4, -0.2) is 55.5 Å². The zero-order valence-electron chi connectivity index (χ0n) is 15.2. The molecule has 2 saturated heterocycles. The van der Waals surface area contributed by atoms with Crippen LogP contribution in [0.5, 0.6) is 0 Å². The molecule has 9 heteroatoms. The third-order valence-electron chi connectivity index (χ3n) is 5.33. The summed E-state index contributed by atoms with van der Waals surface area (Å²) in [5.74, 6) is -0.381. The smallest absolute Gasteiger partial charge is 0.255 e. The van der Waals surface area contributed by atoms with Crippen LogP contribution in [0.1, 0.15) is 18.4 Å². The first kappa shape index (κ1) is 19.5. The second kappa shape index (κ2) is 7.55. The molecular formula is C19H21FN2O4S2. The summed E-state index contributed by atoms with van der Waals surface area (Å²) >= 11 is 1.20. The van der Waals surface area contributed by atoms with Gasteiger partial charge in [0, 0.05) is 32.5 Å². The number of halogens is 1. The molecule has 0 radical (unpaired) electrons. The molecule has 0 atom stereocenters. The highest BCUT2D eigenvalue weighted by Gasteiger charge is 2.51. The predicted molar refractivity (Wildman–Crippen MR) is 103 cm³/mol. The number of piperidine rings is 1. The van der Waals surface area contributed by atoms with E-state index in [2.05, 4.69) is 0 Å². The lowest BCUT2D eigenvalue weighted by Crippen LogP contribution is -2.55. The first-order chi connectivity index (χ1) is 13.4. The van der Waals surface area contributed by atoms with Crippen molar-refractivity contribution in [1.82, 2.24) is 9.21 Å². The molecular weight excluding hydrogens is 403 g/mol. The van der Waals surface area contributed by atoms with Crippen LogP contribution >= 0.6 is 11.3 Å². The highest BCUT2D eigenvalue weighted by molar-refractivity contribution is 7.91. The molecule has 0 aliphatic carbocycles. The fourth-order valence-electron chi connectivity index (χ4n) is 3.84. The van der Waals surface area contributed by atoms with Gasteiger partial charge in [0.25, 0.3) is 10.0 Å². The molecule has 1 aromatic carbocycles. The molecule has 4 rings (SSSR count). The maximum absolute atomic E-state index is 13.0. The molecule has 0 saturated carbocycles. The van der Waals surface area contributed by atoms with Gasteiger partial charge in [-0.25, -0.2) is 12.8 Å². The topological polar surface area (TPSA) is 66.9 Å². The number of carbonyl (C=O) groups excluding carboxylic acids is 1. The SMILES string of the molecule is O=C(Cc1ccc(F)cc1)N1CCC2(CC1)OCCN2S(=O)(=O)c1cccs1. The zero-order valence-corrected chi connectivity index (χ0v) is 16.8. The molecule has 150 valence electrons. The van der Waals surface area contributed by atoms with Crippen LogP contribution in [0.2, 0.25) is 0 Å². The van der Waals surface area contributed by atoms with Crippen LogP contribution in [-0.2, 0) is 26.0 Å². The lowest BCUT2D eigenvalue weighted by molar-refractivity contribution is -0.139. The second-order valence-electron chi connectivity index (χ2n) is 6.99. The summed E-state index contributed by atoms with van der Waals surface area (Å²) in [5.41, 5.74) is -0.124. The summed E-state index contributed by atoms with van der Waals surface area (Å²) in [7, 11) is -3.61. The van der Waals surface area contributed by atoms with E-state index in [4.69, 9.17) is 4.74 Å². The fraction of sp³-hybridized carbons (Fsp3) is 0.421. The molecule has 0 N–H and O–H groups in total. The van der Waals surface area contributed by atoms with Crippen molar-refractivity contribution in [2.24, 2.45) is 0 Å². The lowest BCUT2D eigenvalue weighted by Gasteiger charge is -2.42. The number of likely N-dealkylation sites (tertiary alicyclic amines) is 1. The van der Waals surface area contributed by atoms with E-state index < -0.39 is 15.7 Å². The molecule has 6 nitrogen and oxygen atoms in total. The number of nitrogens with zero attached hydrogens (tertiary/aromatic N) is 2. The number of benzene rings is 1. The summed E-state index contributed by atoms with van der Waals surface area (Å²) in [6.07, 6.45) is 1.07. The van der Waals surface area contributed by atoms with Crippen LogP contribution < -0.4 is 0 Å². The number of hydrogen-bond donors (Lipinski definition) is 0. The molecule has 1 spiro atoms. The molecule has 3 heterocycles. The third kappa shape index (κ3) is 3.59. The molecule has 2 aliphatic heterocycles. The fourth-order valence-corrected chi connectivity index (χ4v) is 6.67. The Labute approximate surface area is 167 Å². The van der Waals surface area contributed by atoms with E-state index in [1.165, 1.54) is 27.8 Å². The highest BCUT2D eigenvalue weighted by Crippen LogP contribution is 2.39. The first-order valence-electron chi connectivity index (χ1n) is 9.13. The van der Waals surface area contributed by atoms with Gasteiger partial charge in [0.1, 0.15) is 15.8 Å². The largest absolute Gasteiger partial charge is 0.358 e. The predicted octanol–water partition coefficient (Wildman–Crippen LogP) is 2.47. The van der Waals surface area contributed by atoms with Gasteiger partial charge < -0.3 is 9.64 Å². The normalized spacial score (nSPS) is 20.0. The van der Waals surface area contributed by atoms with Crippen molar-refractivity contribution in [3.63, 3.8) is 0 Å². The molecule has 2 aromatic rings. The van der Waals surface area contributed by atoms with Gasteiger partial charge >= 0.3 is 0 Å². The number of hydrogen-bond acceptors (Lipinski definition) is 5. The molecule has 1 aromatic heterocycles. The maximum Gasteiger partial charge on any atom is 0.255 e. The van der Waals surface area contributed by atoms with Crippen molar-refractivity contribution in [2.45, 2.75) is 29.2 Å². The molecule has 0 bridgehead atoms. The van der Waals surface area contributed by atoms with Gasteiger partial charge in [0.15, 0.2) is 0 Å². The van der Waals surface area contributed by atoms with E-state index in [9.17, 15) is 17.6 Å². The minimum absolute atomic E-state index is 0.0490. The summed E-state index contributed by atoms with van der Waals surface area (Å²) in [5, 5.41) is 1.74. The summed E-state index contributed by atoms with van der Waals surface area (Å²) < 4.78 is 46.7. The van der Waals surface area contributed by atoms with Gasteiger partial charge in [0.05, 0.1) is 13.0 Å². The molecule has 1 amide bonds. The average molecular weight is 425 g/mol. The third-order valence-corrected chi connectivity index (χ3v) is 8.65. The van der Waals surface area contributed by atoms with Crippen molar-refractivity contribution < 1.29 is 22.3 Å². The van der Waals surface area contributed by atoms with Gasteiger partial charge in [-0.2, -0.15) is 4.31 Å². The molecule has 28 heavy (non-hydrogen) atoms. The van der Waals surface area contributed by atoms with Crippen LogP contribution in [0.4, 0.5) is 4.39 Å². The second-order valence-corrected chi connectivity index (χ2v) is 10.0. The Morgan fingerprint density at radius 1 is 1.14 bits per heavy atom. The van der Waals surface area contributed by atoms with E-state index in [1.54, 1.807) is 34.5 Å². The van der Waals surface area contributed by atoms with Crippen molar-refractivity contribution in [3.8, 4) is 0 Å². The van der Waals surface area contributed by atoms with Crippen LogP contribution in [0.3, 0.4) is 0 Å². The summed E-state index contributed by atoms with van der Waals surface area (Å²) in [6.45, 7) is 1.53. The summed E-state index contributed by atoms with van der Waals surface area (Å²) in [4.78, 5) is 14.3. The number of amides is 1. The lowest BCUT2D eigenvalue weighted by atomic mass is 10.00. The summed E-state index contributed by atoms with van der Waals surface area (Å²) in [6, 6.07) is 9.22. The highest BCUT2D eigenvalue weighted by atomic mass is 32.2. The Kier molecular flexibility index (Phi) is 5.26. The van der Waals surface area contributed by atoms with Gasteiger partial charge in [0.2, 0.25) is 5.91 Å². The zero-order chi connectivity index (χ0) is 19.8. The Morgan fingerprint density at radius 2 is 1.86 bits per heavy atom. The molecule has 2 aliphatic rings. The van der Waals surface area contributed by atoms with Crippen LogP contribution in [0.25, 0.3) is 0 Å². The monoisotopic (exact) mass is 424 g/mol. The number of thiophene rings is 1. The van der Waals surface area contributed by atoms with Crippen LogP contribution in [0.15, 0.2) is 46.0 Å². The van der Waals surface area contributed by atoms with Crippen LogP contribution in [0, 0.1) is 5.82 Å². The van der Waals surface area contributed by atoms with Gasteiger partial charge in [-0.05, 0) is 29.1 Å². The quantitative estimate of drug-likeness (QED) is 0.756. The first-order valence-corrected chi connectivity index (χ1v) is 11.5. The Hall–Kier alpha value is -1.81. The minimum Gasteiger partial charge on any atom is -0.358 e. The Bertz CT molecular complexity index is 937. The van der Waals surface area contributed by atoms with E-state index in [-0.39, 0.29) is 18.1 Å². The van der Waals surface area contributed by atoms with E-state index in [0.29, 0.717) is 43.3 Å². The Balaban J connectivity index is 1.44. The van der Waals surface area contributed by atoms with Crippen molar-refractivity contribution in [3.05, 3.63) is 53.2 Å². The average Bonchev–Trinajstić information content (AvgIpc) is 3.35.